The molecule has 3 amide bonds. The number of amides is 3. The molecular formula is C30H31F2N5O5S2. The minimum absolute atomic E-state index is 0.0703. The monoisotopic (exact) mass is 643 g/mol. The number of likely N-dealkylation sites (tertiary alicyclic amines) is 1. The van der Waals surface area contributed by atoms with Crippen LogP contribution in [0.2, 0.25) is 0 Å². The number of alkyl halides is 2. The van der Waals surface area contributed by atoms with Crippen LogP contribution in [0.4, 0.5) is 8.78 Å². The number of carbonyl (C=O) groups excluding carboxylic acids is 3. The lowest BCUT2D eigenvalue weighted by molar-refractivity contribution is -0.137. The standard InChI is InChI=1S/C30H31F2N5O5S2/c1-3-44(41,42)19-12-24(29(40)36-16(2)25-11-18(15-43-25)27(33)34)37(14-19)26(38)13-35-28(39)17-8-9-23-21(10-17)20-6-4-5-7-22(20)30(23,31)32/h4-11,15-16,19,24H,3,12-14H2,1-2H3,(H3,33,34)(H,35,39)(H,36,40)/t16?,19-,24+/m1/s1. The SMILES string of the molecule is CCS(=O)(=O)[C@@H]1C[C@@H](C(=O)NC(C)c2cc(C(=N)N)cs2)N(C(=O)CNC(=O)c2ccc3c(c2)-c2ccccc2C3(F)F)C1. The van der Waals surface area contributed by atoms with Crippen LogP contribution in [0, 0.1) is 5.41 Å². The van der Waals surface area contributed by atoms with Crippen LogP contribution in [-0.2, 0) is 25.3 Å². The fourth-order valence-corrected chi connectivity index (χ4v) is 7.85. The number of nitrogen functional groups attached to an aromatic ring is 1. The zero-order valence-electron chi connectivity index (χ0n) is 23.9. The number of amidine groups is 1. The van der Waals surface area contributed by atoms with E-state index in [1.807, 2.05) is 0 Å². The molecule has 5 rings (SSSR count). The summed E-state index contributed by atoms with van der Waals surface area (Å²) in [6.07, 6.45) is -0.101. The van der Waals surface area contributed by atoms with Gasteiger partial charge in [-0.1, -0.05) is 37.3 Å². The van der Waals surface area contributed by atoms with Crippen LogP contribution in [-0.4, -0.2) is 67.0 Å². The van der Waals surface area contributed by atoms with Crippen molar-refractivity contribution in [3.05, 3.63) is 81.0 Å². The van der Waals surface area contributed by atoms with Crippen LogP contribution in [0.5, 0.6) is 0 Å². The second kappa shape index (κ2) is 11.7. The molecule has 1 aromatic heterocycles. The molecule has 2 aliphatic rings. The van der Waals surface area contributed by atoms with Crippen molar-refractivity contribution in [2.24, 2.45) is 5.73 Å². The van der Waals surface area contributed by atoms with E-state index >= 15 is 0 Å². The van der Waals surface area contributed by atoms with E-state index in [4.69, 9.17) is 11.1 Å². The maximum atomic E-state index is 14.9. The Morgan fingerprint density at radius 2 is 1.82 bits per heavy atom. The maximum Gasteiger partial charge on any atom is 0.299 e. The van der Waals surface area contributed by atoms with Gasteiger partial charge in [0.1, 0.15) is 11.9 Å². The summed E-state index contributed by atoms with van der Waals surface area (Å²) in [4.78, 5) is 41.6. The van der Waals surface area contributed by atoms with Crippen molar-refractivity contribution >= 4 is 44.7 Å². The number of carbonyl (C=O) groups is 3. The van der Waals surface area contributed by atoms with Crippen LogP contribution < -0.4 is 16.4 Å². The van der Waals surface area contributed by atoms with Gasteiger partial charge in [0.25, 0.3) is 11.8 Å². The third-order valence-corrected chi connectivity index (χ3v) is 11.4. The largest absolute Gasteiger partial charge is 0.384 e. The number of nitrogens with two attached hydrogens (primary N) is 1. The highest BCUT2D eigenvalue weighted by Crippen LogP contribution is 2.50. The minimum Gasteiger partial charge on any atom is -0.384 e. The Balaban J connectivity index is 1.30. The third-order valence-electron chi connectivity index (χ3n) is 8.09. The molecule has 0 radical (unpaired) electrons. The van der Waals surface area contributed by atoms with E-state index in [1.54, 1.807) is 30.5 Å². The Morgan fingerprint density at radius 1 is 1.11 bits per heavy atom. The molecule has 3 aromatic rings. The van der Waals surface area contributed by atoms with Crippen molar-refractivity contribution in [3.8, 4) is 11.1 Å². The van der Waals surface area contributed by atoms with Crippen molar-refractivity contribution in [1.82, 2.24) is 15.5 Å². The first-order valence-electron chi connectivity index (χ1n) is 13.9. The van der Waals surface area contributed by atoms with Crippen molar-refractivity contribution in [2.45, 2.75) is 43.5 Å². The summed E-state index contributed by atoms with van der Waals surface area (Å²) in [6, 6.07) is 9.94. The fraction of sp³-hybridized carbons (Fsp3) is 0.333. The number of halogens is 2. The molecule has 1 fully saturated rings. The quantitative estimate of drug-likeness (QED) is 0.207. The average molecular weight is 644 g/mol. The van der Waals surface area contributed by atoms with Crippen LogP contribution in [0.15, 0.2) is 53.9 Å². The number of fused-ring (bicyclic) bond motifs is 3. The summed E-state index contributed by atoms with van der Waals surface area (Å²) in [5.74, 6) is -5.37. The number of sulfone groups is 1. The molecule has 232 valence electrons. The number of thiophene rings is 1. The van der Waals surface area contributed by atoms with Crippen LogP contribution in [0.25, 0.3) is 11.1 Å². The van der Waals surface area contributed by atoms with Gasteiger partial charge in [0.05, 0.1) is 17.8 Å². The third kappa shape index (κ3) is 5.71. The Labute approximate surface area is 257 Å². The second-order valence-electron chi connectivity index (χ2n) is 10.8. The summed E-state index contributed by atoms with van der Waals surface area (Å²) in [5.41, 5.74) is 6.30. The summed E-state index contributed by atoms with van der Waals surface area (Å²) < 4.78 is 55.2. The lowest BCUT2D eigenvalue weighted by atomic mass is 10.0. The van der Waals surface area contributed by atoms with Crippen molar-refractivity contribution in [3.63, 3.8) is 0 Å². The van der Waals surface area contributed by atoms with Gasteiger partial charge < -0.3 is 21.3 Å². The summed E-state index contributed by atoms with van der Waals surface area (Å²) in [7, 11) is -3.59. The molecule has 1 unspecified atom stereocenters. The molecule has 0 bridgehead atoms. The van der Waals surface area contributed by atoms with E-state index in [1.165, 1.54) is 48.6 Å². The number of nitrogens with one attached hydrogen (secondary N) is 3. The van der Waals surface area contributed by atoms with E-state index in [0.717, 1.165) is 9.78 Å². The van der Waals surface area contributed by atoms with Gasteiger partial charge in [-0.15, -0.1) is 11.3 Å². The average Bonchev–Trinajstić information content (AvgIpc) is 3.73. The first-order valence-corrected chi connectivity index (χ1v) is 16.5. The van der Waals surface area contributed by atoms with Gasteiger partial charge in [-0.3, -0.25) is 19.8 Å². The molecule has 0 saturated carbocycles. The number of benzene rings is 2. The molecule has 44 heavy (non-hydrogen) atoms. The molecule has 10 nitrogen and oxygen atoms in total. The van der Waals surface area contributed by atoms with E-state index < -0.39 is 57.4 Å². The van der Waals surface area contributed by atoms with Crippen LogP contribution >= 0.6 is 11.3 Å². The van der Waals surface area contributed by atoms with Crippen molar-refractivity contribution in [1.29, 1.82) is 5.41 Å². The topological polar surface area (TPSA) is 163 Å². The summed E-state index contributed by atoms with van der Waals surface area (Å²) >= 11 is 1.30. The van der Waals surface area contributed by atoms with Gasteiger partial charge in [0.2, 0.25) is 11.8 Å². The second-order valence-corrected chi connectivity index (χ2v) is 14.3. The number of rotatable bonds is 9. The molecule has 5 N–H and O–H groups in total. The highest BCUT2D eigenvalue weighted by molar-refractivity contribution is 7.92. The summed E-state index contributed by atoms with van der Waals surface area (Å²) in [5, 5.41) is 13.6. The Hall–Kier alpha value is -4.17. The molecule has 2 heterocycles. The molecule has 1 aliphatic carbocycles. The molecule has 14 heteroatoms. The van der Waals surface area contributed by atoms with Gasteiger partial charge in [-0.05, 0) is 42.7 Å². The predicted octanol–water partition coefficient (Wildman–Crippen LogP) is 3.16. The minimum atomic E-state index is -3.59. The number of hydrogen-bond acceptors (Lipinski definition) is 7. The van der Waals surface area contributed by atoms with Gasteiger partial charge in [-0.2, -0.15) is 8.78 Å². The highest BCUT2D eigenvalue weighted by Gasteiger charge is 2.45. The van der Waals surface area contributed by atoms with Crippen LogP contribution in [0.3, 0.4) is 0 Å². The van der Waals surface area contributed by atoms with Gasteiger partial charge in [-0.25, -0.2) is 8.42 Å². The van der Waals surface area contributed by atoms with Gasteiger partial charge in [0, 0.05) is 44.8 Å². The summed E-state index contributed by atoms with van der Waals surface area (Å²) in [6.45, 7) is 2.47. The van der Waals surface area contributed by atoms with E-state index in [0.29, 0.717) is 11.1 Å². The normalized spacial score (nSPS) is 19.1. The highest BCUT2D eigenvalue weighted by atomic mass is 32.2. The van der Waals surface area contributed by atoms with Crippen LogP contribution in [0.1, 0.15) is 58.2 Å². The van der Waals surface area contributed by atoms with Gasteiger partial charge in [0.15, 0.2) is 9.84 Å². The van der Waals surface area contributed by atoms with E-state index in [2.05, 4.69) is 10.6 Å². The van der Waals surface area contributed by atoms with E-state index in [-0.39, 0.29) is 46.8 Å². The first kappa shape index (κ1) is 31.3. The smallest absolute Gasteiger partial charge is 0.299 e. The van der Waals surface area contributed by atoms with E-state index in [9.17, 15) is 31.6 Å². The zero-order valence-corrected chi connectivity index (χ0v) is 25.5. The predicted molar refractivity (Wildman–Crippen MR) is 162 cm³/mol. The molecule has 1 aliphatic heterocycles. The molecule has 2 aromatic carbocycles. The Morgan fingerprint density at radius 3 is 2.50 bits per heavy atom. The maximum absolute atomic E-state index is 14.9. The van der Waals surface area contributed by atoms with Gasteiger partial charge >= 0.3 is 0 Å². The van der Waals surface area contributed by atoms with Crippen molar-refractivity contribution in [2.75, 3.05) is 18.8 Å². The number of nitrogens with zero attached hydrogens (tertiary/aromatic N) is 1. The molecular weight excluding hydrogens is 612 g/mol. The molecule has 3 atom stereocenters. The fourth-order valence-electron chi connectivity index (χ4n) is 5.60. The molecule has 0 spiro atoms. The molecule has 1 saturated heterocycles. The lowest BCUT2D eigenvalue weighted by Crippen LogP contribution is -2.49. The zero-order chi connectivity index (χ0) is 32.0. The Kier molecular flexibility index (Phi) is 8.33. The lowest BCUT2D eigenvalue weighted by Gasteiger charge is -2.25. The Bertz CT molecular complexity index is 1770. The first-order chi connectivity index (χ1) is 20.7. The number of hydrogen-bond donors (Lipinski definition) is 4. The van der Waals surface area contributed by atoms with Crippen molar-refractivity contribution < 1.29 is 31.6 Å².